The minimum absolute atomic E-state index is 0.228. The average molecular weight is 465 g/mol. The lowest BCUT2D eigenvalue weighted by Gasteiger charge is -2.35. The van der Waals surface area contributed by atoms with Crippen LogP contribution in [0.2, 0.25) is 0 Å². The molecule has 8 nitrogen and oxygen atoms in total. The first-order chi connectivity index (χ1) is 15.2. The van der Waals surface area contributed by atoms with Crippen LogP contribution in [0.1, 0.15) is 45.2 Å². The summed E-state index contributed by atoms with van der Waals surface area (Å²) >= 11 is 0. The molecule has 0 radical (unpaired) electrons. The summed E-state index contributed by atoms with van der Waals surface area (Å²) in [6, 6.07) is 3.56. The van der Waals surface area contributed by atoms with E-state index < -0.39 is 64.3 Å². The maximum atomic E-state index is 13.4. The predicted molar refractivity (Wildman–Crippen MR) is 107 cm³/mol. The van der Waals surface area contributed by atoms with Crippen molar-refractivity contribution >= 4 is 23.6 Å². The van der Waals surface area contributed by atoms with Gasteiger partial charge in [-0.2, -0.15) is 18.4 Å². The Kier molecular flexibility index (Phi) is 5.02. The zero-order valence-electron chi connectivity index (χ0n) is 18.3. The van der Waals surface area contributed by atoms with Crippen molar-refractivity contribution in [3.8, 4) is 6.07 Å². The lowest BCUT2D eigenvalue weighted by molar-refractivity contribution is -0.138. The normalized spacial score (nSPS) is 32.8. The molecule has 3 amide bonds. The minimum Gasteiger partial charge on any atom is -0.447 e. The third-order valence-electron chi connectivity index (χ3n) is 6.66. The molecule has 11 heteroatoms. The number of nitrogens with one attached hydrogen (secondary N) is 1. The minimum atomic E-state index is -4.84. The fourth-order valence-corrected chi connectivity index (χ4v) is 5.40. The van der Waals surface area contributed by atoms with Crippen LogP contribution in [-0.2, 0) is 25.2 Å². The molecule has 4 unspecified atom stereocenters. The summed E-state index contributed by atoms with van der Waals surface area (Å²) in [5.74, 6) is -3.30. The van der Waals surface area contributed by atoms with Gasteiger partial charge in [-0.25, -0.2) is 9.69 Å². The van der Waals surface area contributed by atoms with Gasteiger partial charge in [0.05, 0.1) is 58.1 Å². The largest absolute Gasteiger partial charge is 0.447 e. The van der Waals surface area contributed by atoms with Crippen molar-refractivity contribution in [3.63, 3.8) is 0 Å². The van der Waals surface area contributed by atoms with Crippen molar-refractivity contribution in [1.29, 1.82) is 5.26 Å². The summed E-state index contributed by atoms with van der Waals surface area (Å²) in [5.41, 5.74) is -4.46. The number of nitrogens with zero attached hydrogens (tertiary/aromatic N) is 2. The first-order valence-corrected chi connectivity index (χ1v) is 10.4. The van der Waals surface area contributed by atoms with E-state index in [0.29, 0.717) is 6.07 Å². The van der Waals surface area contributed by atoms with Crippen molar-refractivity contribution in [3.05, 3.63) is 29.3 Å². The molecule has 3 fully saturated rings. The fraction of sp³-hybridized carbons (Fsp3) is 0.545. The fourth-order valence-electron chi connectivity index (χ4n) is 5.40. The molecule has 0 spiro atoms. The number of fused-ring (bicyclic) bond motifs is 5. The van der Waals surface area contributed by atoms with Gasteiger partial charge in [0, 0.05) is 6.42 Å². The molecule has 3 saturated heterocycles. The van der Waals surface area contributed by atoms with Crippen LogP contribution in [0.5, 0.6) is 0 Å². The number of benzene rings is 1. The van der Waals surface area contributed by atoms with Crippen LogP contribution < -0.4 is 10.2 Å². The van der Waals surface area contributed by atoms with E-state index in [-0.39, 0.29) is 18.2 Å². The van der Waals surface area contributed by atoms with Gasteiger partial charge in [-0.15, -0.1) is 0 Å². The second-order valence-corrected chi connectivity index (χ2v) is 9.26. The molecule has 0 saturated carbocycles. The molecule has 33 heavy (non-hydrogen) atoms. The highest BCUT2D eigenvalue weighted by atomic mass is 19.4. The van der Waals surface area contributed by atoms with Crippen molar-refractivity contribution in [2.24, 2.45) is 11.8 Å². The standard InChI is InChI=1S/C22H22F3N3O5/c1-10(2)32-19(31)27-14-8-20(3)15-16(21(14,4)33-20)18(30)28(17(15)29)12-6-5-11(9-26)13(7-12)22(23,24)25/h5-7,10,14-16H,8H2,1-4H3,(H,27,31)/t14-,15?,16?,20?,21?/m1/s1. The summed E-state index contributed by atoms with van der Waals surface area (Å²) in [6.45, 7) is 6.62. The number of anilines is 1. The number of ether oxygens (including phenoxy) is 2. The Labute approximate surface area is 187 Å². The van der Waals surface area contributed by atoms with Gasteiger partial charge in [-0.1, -0.05) is 0 Å². The molecular formula is C22H22F3N3O5. The highest BCUT2D eigenvalue weighted by molar-refractivity contribution is 6.23. The molecular weight excluding hydrogens is 443 g/mol. The number of hydrogen-bond donors (Lipinski definition) is 1. The first-order valence-electron chi connectivity index (χ1n) is 10.4. The van der Waals surface area contributed by atoms with E-state index in [2.05, 4.69) is 5.32 Å². The molecule has 5 atom stereocenters. The third-order valence-corrected chi connectivity index (χ3v) is 6.66. The van der Waals surface area contributed by atoms with Crippen LogP contribution >= 0.6 is 0 Å². The van der Waals surface area contributed by atoms with Crippen molar-refractivity contribution < 1.29 is 37.0 Å². The van der Waals surface area contributed by atoms with Crippen LogP contribution in [0, 0.1) is 23.2 Å². The number of halogens is 3. The van der Waals surface area contributed by atoms with E-state index in [0.717, 1.165) is 17.0 Å². The van der Waals surface area contributed by atoms with Crippen LogP contribution in [0.4, 0.5) is 23.7 Å². The quantitative estimate of drug-likeness (QED) is 0.687. The Morgan fingerprint density at radius 3 is 2.48 bits per heavy atom. The number of carbonyl (C=O) groups excluding carboxylic acids is 3. The van der Waals surface area contributed by atoms with Crippen LogP contribution in [-0.4, -0.2) is 41.3 Å². The van der Waals surface area contributed by atoms with Gasteiger partial charge in [0.1, 0.15) is 0 Å². The van der Waals surface area contributed by atoms with Gasteiger partial charge in [-0.05, 0) is 45.9 Å². The lowest BCUT2D eigenvalue weighted by Crippen LogP contribution is -2.56. The van der Waals surface area contributed by atoms with Crippen molar-refractivity contribution in [1.82, 2.24) is 5.32 Å². The summed E-state index contributed by atoms with van der Waals surface area (Å²) in [7, 11) is 0. The highest BCUT2D eigenvalue weighted by Gasteiger charge is 2.76. The van der Waals surface area contributed by atoms with Crippen LogP contribution in [0.15, 0.2) is 18.2 Å². The van der Waals surface area contributed by atoms with Crippen molar-refractivity contribution in [2.45, 2.75) is 63.6 Å². The zero-order valence-corrected chi connectivity index (χ0v) is 18.3. The number of nitriles is 1. The van der Waals surface area contributed by atoms with Crippen molar-refractivity contribution in [2.75, 3.05) is 4.90 Å². The molecule has 3 aliphatic heterocycles. The average Bonchev–Trinajstić information content (AvgIpc) is 3.21. The summed E-state index contributed by atoms with van der Waals surface area (Å²) in [6.07, 6.45) is -5.67. The molecule has 3 aliphatic rings. The Bertz CT molecular complexity index is 1100. The topological polar surface area (TPSA) is 109 Å². The second kappa shape index (κ2) is 7.18. The SMILES string of the molecule is CC(C)OC(=O)N[C@@H]1CC2(C)OC1(C)C1C(=O)N(c3ccc(C#N)c(C(F)(F)F)c3)C(=O)C12. The highest BCUT2D eigenvalue weighted by Crippen LogP contribution is 2.61. The van der Waals surface area contributed by atoms with Gasteiger partial charge in [0.2, 0.25) is 11.8 Å². The maximum absolute atomic E-state index is 13.4. The molecule has 176 valence electrons. The second-order valence-electron chi connectivity index (χ2n) is 9.26. The van der Waals surface area contributed by atoms with Crippen LogP contribution in [0.3, 0.4) is 0 Å². The van der Waals surface area contributed by atoms with E-state index >= 15 is 0 Å². The van der Waals surface area contributed by atoms with Gasteiger partial charge in [-0.3, -0.25) is 9.59 Å². The predicted octanol–water partition coefficient (Wildman–Crippen LogP) is 3.14. The Balaban J connectivity index is 1.70. The third kappa shape index (κ3) is 3.35. The number of carbonyl (C=O) groups is 3. The molecule has 0 aromatic heterocycles. The molecule has 1 N–H and O–H groups in total. The van der Waals surface area contributed by atoms with E-state index in [9.17, 15) is 27.6 Å². The molecule has 1 aromatic carbocycles. The Morgan fingerprint density at radius 1 is 1.27 bits per heavy atom. The zero-order chi connectivity index (χ0) is 24.5. The Hall–Kier alpha value is -3.13. The van der Waals surface area contributed by atoms with E-state index in [4.69, 9.17) is 14.7 Å². The first kappa shape index (κ1) is 23.0. The Morgan fingerprint density at radius 2 is 1.91 bits per heavy atom. The number of alkyl halides is 3. The van der Waals surface area contributed by atoms with Gasteiger partial charge < -0.3 is 14.8 Å². The molecule has 2 bridgehead atoms. The molecule has 3 heterocycles. The van der Waals surface area contributed by atoms with E-state index in [1.165, 1.54) is 6.07 Å². The van der Waals surface area contributed by atoms with E-state index in [1.807, 2.05) is 0 Å². The summed E-state index contributed by atoms with van der Waals surface area (Å²) < 4.78 is 51.5. The number of amides is 3. The number of imide groups is 1. The molecule has 1 aromatic rings. The summed E-state index contributed by atoms with van der Waals surface area (Å²) in [5, 5.41) is 11.7. The number of alkyl carbamates (subject to hydrolysis) is 1. The maximum Gasteiger partial charge on any atom is 0.417 e. The monoisotopic (exact) mass is 465 g/mol. The number of hydrogen-bond acceptors (Lipinski definition) is 6. The lowest BCUT2D eigenvalue weighted by atomic mass is 9.66. The van der Waals surface area contributed by atoms with Gasteiger partial charge in [0.25, 0.3) is 0 Å². The van der Waals surface area contributed by atoms with Gasteiger partial charge in [0.15, 0.2) is 0 Å². The number of rotatable bonds is 3. The van der Waals surface area contributed by atoms with Gasteiger partial charge >= 0.3 is 12.3 Å². The molecule has 0 aliphatic carbocycles. The van der Waals surface area contributed by atoms with E-state index in [1.54, 1.807) is 27.7 Å². The molecule has 4 rings (SSSR count). The van der Waals surface area contributed by atoms with Crippen LogP contribution in [0.25, 0.3) is 0 Å². The summed E-state index contributed by atoms with van der Waals surface area (Å²) in [4.78, 5) is 39.6. The smallest absolute Gasteiger partial charge is 0.417 e.